The third-order valence-corrected chi connectivity index (χ3v) is 4.37. The summed E-state index contributed by atoms with van der Waals surface area (Å²) in [5.74, 6) is -0.0910. The smallest absolute Gasteiger partial charge is 0.291 e. The Morgan fingerprint density at radius 1 is 1.30 bits per heavy atom. The number of fused-ring (bicyclic) bond motifs is 2. The molecule has 0 aliphatic rings. The van der Waals surface area contributed by atoms with Crippen molar-refractivity contribution in [2.24, 2.45) is 0 Å². The molecule has 0 spiro atoms. The van der Waals surface area contributed by atoms with E-state index in [0.29, 0.717) is 11.3 Å². The number of aromatic nitrogens is 3. The number of nitrogens with zero attached hydrogens (tertiary/aromatic N) is 3. The molecule has 3 heterocycles. The summed E-state index contributed by atoms with van der Waals surface area (Å²) in [6, 6.07) is 9.58. The summed E-state index contributed by atoms with van der Waals surface area (Å²) in [5.41, 5.74) is 2.75. The Bertz CT molecular complexity index is 1130. The van der Waals surface area contributed by atoms with Crippen LogP contribution < -0.4 is 5.32 Å². The average molecular weight is 364 g/mol. The summed E-state index contributed by atoms with van der Waals surface area (Å²) in [6.07, 6.45) is 3.37. The summed E-state index contributed by atoms with van der Waals surface area (Å²) >= 11 is 0. The van der Waals surface area contributed by atoms with Gasteiger partial charge >= 0.3 is 0 Å². The van der Waals surface area contributed by atoms with Crippen LogP contribution in [0, 0.1) is 0 Å². The lowest BCUT2D eigenvalue weighted by Gasteiger charge is -2.07. The van der Waals surface area contributed by atoms with E-state index >= 15 is 0 Å². The van der Waals surface area contributed by atoms with Gasteiger partial charge in [-0.2, -0.15) is 5.10 Å². The molecule has 3 aromatic heterocycles. The van der Waals surface area contributed by atoms with Gasteiger partial charge in [0.15, 0.2) is 11.4 Å². The third kappa shape index (κ3) is 3.06. The first-order valence-electron chi connectivity index (χ1n) is 8.72. The number of methoxy groups -OCH3 is 1. The molecule has 7 heteroatoms. The number of rotatable bonds is 5. The van der Waals surface area contributed by atoms with E-state index in [9.17, 15) is 4.79 Å². The molecule has 0 saturated heterocycles. The van der Waals surface area contributed by atoms with Crippen LogP contribution in [0.1, 0.15) is 36.0 Å². The van der Waals surface area contributed by atoms with E-state index in [4.69, 9.17) is 9.15 Å². The van der Waals surface area contributed by atoms with Crippen LogP contribution in [0.4, 0.5) is 5.69 Å². The number of carbonyl (C=O) groups excluding carboxylic acids is 1. The van der Waals surface area contributed by atoms with Crippen LogP contribution in [0.5, 0.6) is 0 Å². The number of nitrogens with one attached hydrogen (secondary N) is 1. The molecule has 0 aliphatic carbocycles. The van der Waals surface area contributed by atoms with Crippen LogP contribution >= 0.6 is 0 Å². The van der Waals surface area contributed by atoms with Crippen LogP contribution in [0.2, 0.25) is 0 Å². The summed E-state index contributed by atoms with van der Waals surface area (Å²) < 4.78 is 12.9. The first kappa shape index (κ1) is 17.2. The number of carbonyl (C=O) groups is 1. The van der Waals surface area contributed by atoms with E-state index < -0.39 is 0 Å². The predicted molar refractivity (Wildman–Crippen MR) is 103 cm³/mol. The molecule has 0 saturated carbocycles. The van der Waals surface area contributed by atoms with E-state index in [1.165, 1.54) is 0 Å². The Hall–Kier alpha value is -3.19. The molecule has 7 nitrogen and oxygen atoms in total. The fourth-order valence-corrected chi connectivity index (χ4v) is 3.14. The molecular weight excluding hydrogens is 344 g/mol. The third-order valence-electron chi connectivity index (χ3n) is 4.37. The van der Waals surface area contributed by atoms with Gasteiger partial charge in [-0.05, 0) is 26.0 Å². The Labute approximate surface area is 155 Å². The Kier molecular flexibility index (Phi) is 4.37. The highest BCUT2D eigenvalue weighted by Crippen LogP contribution is 2.27. The molecule has 138 valence electrons. The number of hydrogen-bond donors (Lipinski definition) is 1. The van der Waals surface area contributed by atoms with E-state index in [2.05, 4.69) is 15.4 Å². The van der Waals surface area contributed by atoms with Crippen molar-refractivity contribution in [3.8, 4) is 0 Å². The number of para-hydroxylation sites is 1. The van der Waals surface area contributed by atoms with Crippen LogP contribution in [0.3, 0.4) is 0 Å². The number of benzene rings is 1. The van der Waals surface area contributed by atoms with Crippen molar-refractivity contribution in [1.29, 1.82) is 0 Å². The SMILES string of the molecule is COCc1c(C(=O)Nc2cnc3c(cnn3C(C)C)c2)oc2ccccc12. The highest BCUT2D eigenvalue weighted by atomic mass is 16.5. The number of anilines is 1. The molecule has 0 radical (unpaired) electrons. The van der Waals surface area contributed by atoms with E-state index in [1.54, 1.807) is 19.5 Å². The topological polar surface area (TPSA) is 82.2 Å². The van der Waals surface area contributed by atoms with E-state index in [1.807, 2.05) is 48.9 Å². The highest BCUT2D eigenvalue weighted by molar-refractivity contribution is 6.07. The standard InChI is InChI=1S/C20H20N4O3/c1-12(2)24-19-13(9-22-24)8-14(10-21-19)23-20(25)18-16(11-26-3)15-6-4-5-7-17(15)27-18/h4-10,12H,11H2,1-3H3,(H,23,25). The fraction of sp³-hybridized carbons (Fsp3) is 0.250. The van der Waals surface area contributed by atoms with E-state index in [0.717, 1.165) is 22.0 Å². The zero-order chi connectivity index (χ0) is 19.0. The van der Waals surface area contributed by atoms with Crippen molar-refractivity contribution < 1.29 is 13.9 Å². The molecule has 27 heavy (non-hydrogen) atoms. The average Bonchev–Trinajstić information content (AvgIpc) is 3.24. The monoisotopic (exact) mass is 364 g/mol. The molecule has 0 atom stereocenters. The number of ether oxygens (including phenoxy) is 1. The second-order valence-corrected chi connectivity index (χ2v) is 6.61. The Morgan fingerprint density at radius 2 is 2.11 bits per heavy atom. The maximum Gasteiger partial charge on any atom is 0.291 e. The van der Waals surface area contributed by atoms with Gasteiger partial charge in [0.2, 0.25) is 0 Å². The molecule has 0 unspecified atom stereocenters. The van der Waals surface area contributed by atoms with Gasteiger partial charge in [0.25, 0.3) is 5.91 Å². The van der Waals surface area contributed by atoms with Gasteiger partial charge in [-0.3, -0.25) is 4.79 Å². The van der Waals surface area contributed by atoms with Crippen LogP contribution in [-0.4, -0.2) is 27.8 Å². The summed E-state index contributed by atoms with van der Waals surface area (Å²) in [4.78, 5) is 17.3. The summed E-state index contributed by atoms with van der Waals surface area (Å²) in [7, 11) is 1.59. The van der Waals surface area contributed by atoms with Gasteiger partial charge in [0.05, 0.1) is 24.7 Å². The maximum absolute atomic E-state index is 12.8. The Morgan fingerprint density at radius 3 is 2.89 bits per heavy atom. The van der Waals surface area contributed by atoms with Crippen molar-refractivity contribution >= 4 is 33.6 Å². The number of furan rings is 1. The van der Waals surface area contributed by atoms with E-state index in [-0.39, 0.29) is 24.3 Å². The van der Waals surface area contributed by atoms with Crippen LogP contribution in [0.25, 0.3) is 22.0 Å². The normalized spacial score (nSPS) is 11.6. The zero-order valence-corrected chi connectivity index (χ0v) is 15.4. The lowest BCUT2D eigenvalue weighted by molar-refractivity contribution is 0.0992. The zero-order valence-electron chi connectivity index (χ0n) is 15.4. The summed E-state index contributed by atoms with van der Waals surface area (Å²) in [5, 5.41) is 8.94. The van der Waals surface area contributed by atoms with Gasteiger partial charge in [0, 0.05) is 29.5 Å². The minimum Gasteiger partial charge on any atom is -0.451 e. The molecule has 0 bridgehead atoms. The van der Waals surface area contributed by atoms with Crippen molar-refractivity contribution in [2.45, 2.75) is 26.5 Å². The second-order valence-electron chi connectivity index (χ2n) is 6.61. The van der Waals surface area contributed by atoms with Crippen molar-refractivity contribution in [1.82, 2.24) is 14.8 Å². The second kappa shape index (κ2) is 6.85. The lowest BCUT2D eigenvalue weighted by atomic mass is 10.1. The first-order valence-corrected chi connectivity index (χ1v) is 8.72. The fourth-order valence-electron chi connectivity index (χ4n) is 3.14. The molecule has 0 fully saturated rings. The molecule has 1 aromatic carbocycles. The molecular formula is C20H20N4O3. The van der Waals surface area contributed by atoms with Gasteiger partial charge in [-0.25, -0.2) is 9.67 Å². The minimum atomic E-state index is -0.337. The Balaban J connectivity index is 1.67. The summed E-state index contributed by atoms with van der Waals surface area (Å²) in [6.45, 7) is 4.38. The minimum absolute atomic E-state index is 0.211. The number of amides is 1. The number of pyridine rings is 1. The van der Waals surface area contributed by atoms with Crippen LogP contribution in [0.15, 0.2) is 47.1 Å². The number of hydrogen-bond acceptors (Lipinski definition) is 5. The van der Waals surface area contributed by atoms with Gasteiger partial charge in [-0.1, -0.05) is 18.2 Å². The first-order chi connectivity index (χ1) is 13.1. The van der Waals surface area contributed by atoms with Gasteiger partial charge in [-0.15, -0.1) is 0 Å². The van der Waals surface area contributed by atoms with Crippen molar-refractivity contribution in [3.63, 3.8) is 0 Å². The molecule has 1 N–H and O–H groups in total. The molecule has 1 amide bonds. The largest absolute Gasteiger partial charge is 0.451 e. The van der Waals surface area contributed by atoms with Crippen molar-refractivity contribution in [2.75, 3.05) is 12.4 Å². The highest BCUT2D eigenvalue weighted by Gasteiger charge is 2.21. The molecule has 4 rings (SSSR count). The molecule has 4 aromatic rings. The van der Waals surface area contributed by atoms with Crippen molar-refractivity contribution in [3.05, 3.63) is 54.0 Å². The van der Waals surface area contributed by atoms with Gasteiger partial charge in [0.1, 0.15) is 5.58 Å². The van der Waals surface area contributed by atoms with Crippen LogP contribution in [-0.2, 0) is 11.3 Å². The predicted octanol–water partition coefficient (Wildman–Crippen LogP) is 4.16. The van der Waals surface area contributed by atoms with Gasteiger partial charge < -0.3 is 14.5 Å². The lowest BCUT2D eigenvalue weighted by Crippen LogP contribution is -2.13. The maximum atomic E-state index is 12.8. The quantitative estimate of drug-likeness (QED) is 0.575. The molecule has 0 aliphatic heterocycles.